The molecule has 2 aromatic carbocycles. The van der Waals surface area contributed by atoms with Crippen molar-refractivity contribution in [3.8, 4) is 11.5 Å². The summed E-state index contributed by atoms with van der Waals surface area (Å²) < 4.78 is 0. The summed E-state index contributed by atoms with van der Waals surface area (Å²) in [6.07, 6.45) is 22.8. The lowest BCUT2D eigenvalue weighted by Crippen LogP contribution is -2.42. The average Bonchev–Trinajstić information content (AvgIpc) is 3.11. The van der Waals surface area contributed by atoms with Crippen LogP contribution in [0.1, 0.15) is 153 Å². The van der Waals surface area contributed by atoms with Crippen LogP contribution in [-0.2, 0) is 32.0 Å². The Balaban J connectivity index is 0.000000525. The van der Waals surface area contributed by atoms with Gasteiger partial charge in [-0.25, -0.2) is 4.79 Å². The molecule has 10 nitrogen and oxygen atoms in total. The van der Waals surface area contributed by atoms with E-state index in [-0.39, 0.29) is 42.6 Å². The SMILES string of the molecule is CCCCCCCCCCCCC(CCCCCCCCCC(=O)O)C(=O)O.O=C(CCc1ccc(O)cc1)N[C@@H](Cc1ccc(O)cc1)C(=O)O. The summed E-state index contributed by atoms with van der Waals surface area (Å²) in [7, 11) is 0. The number of benzene rings is 2. The van der Waals surface area contributed by atoms with Gasteiger partial charge >= 0.3 is 17.9 Å². The number of carboxylic acid groups (broad SMARTS) is 3. The number of unbranched alkanes of at least 4 members (excludes halogenated alkanes) is 15. The lowest BCUT2D eigenvalue weighted by Gasteiger charge is -2.15. The van der Waals surface area contributed by atoms with Crippen molar-refractivity contribution >= 4 is 23.8 Å². The van der Waals surface area contributed by atoms with Gasteiger partial charge in [0.1, 0.15) is 17.5 Å². The van der Waals surface area contributed by atoms with Gasteiger partial charge in [0.25, 0.3) is 0 Å². The smallest absolute Gasteiger partial charge is 0.326 e. The molecule has 292 valence electrons. The highest BCUT2D eigenvalue weighted by atomic mass is 16.4. The number of amides is 1. The molecule has 0 fully saturated rings. The number of aryl methyl sites for hydroxylation is 1. The van der Waals surface area contributed by atoms with E-state index in [0.29, 0.717) is 12.0 Å². The highest BCUT2D eigenvalue weighted by Gasteiger charge is 2.20. The third-order valence-electron chi connectivity index (χ3n) is 9.29. The third kappa shape index (κ3) is 25.0. The Kier molecular flexibility index (Phi) is 26.1. The van der Waals surface area contributed by atoms with Crippen LogP contribution in [0.15, 0.2) is 48.5 Å². The van der Waals surface area contributed by atoms with Crippen molar-refractivity contribution in [3.63, 3.8) is 0 Å². The molecule has 2 aromatic rings. The van der Waals surface area contributed by atoms with Crippen LogP contribution in [0, 0.1) is 5.92 Å². The van der Waals surface area contributed by atoms with Gasteiger partial charge in [-0.1, -0.05) is 134 Å². The van der Waals surface area contributed by atoms with E-state index in [2.05, 4.69) is 12.2 Å². The number of carbonyl (C=O) groups is 4. The van der Waals surface area contributed by atoms with Crippen molar-refractivity contribution in [1.29, 1.82) is 0 Å². The Morgan fingerprint density at radius 3 is 1.38 bits per heavy atom. The first kappa shape index (κ1) is 45.9. The number of phenols is 2. The van der Waals surface area contributed by atoms with Crippen molar-refractivity contribution in [2.24, 2.45) is 5.92 Å². The number of rotatable bonds is 29. The molecule has 2 rings (SSSR count). The second-order valence-electron chi connectivity index (χ2n) is 13.9. The fourth-order valence-corrected chi connectivity index (χ4v) is 6.08. The van der Waals surface area contributed by atoms with Gasteiger partial charge in [-0.15, -0.1) is 0 Å². The average molecular weight is 728 g/mol. The van der Waals surface area contributed by atoms with Crippen LogP contribution >= 0.6 is 0 Å². The van der Waals surface area contributed by atoms with E-state index < -0.39 is 23.9 Å². The first-order chi connectivity index (χ1) is 25.0. The Hall–Kier alpha value is -4.08. The molecule has 2 atom stereocenters. The third-order valence-corrected chi connectivity index (χ3v) is 9.29. The van der Waals surface area contributed by atoms with Crippen molar-refractivity contribution in [3.05, 3.63) is 59.7 Å². The lowest BCUT2D eigenvalue weighted by atomic mass is 9.94. The molecule has 0 aliphatic heterocycles. The molecule has 0 radical (unpaired) electrons. The molecule has 0 saturated carbocycles. The molecule has 0 saturated heterocycles. The number of carboxylic acids is 3. The first-order valence-electron chi connectivity index (χ1n) is 19.5. The fraction of sp³-hybridized carbons (Fsp3) is 0.619. The van der Waals surface area contributed by atoms with E-state index in [4.69, 9.17) is 5.11 Å². The standard InChI is InChI=1S/C24H46O4.C18H19NO5/c1-2-3-4-5-6-7-8-10-13-16-19-22(24(27)28)20-17-14-11-9-12-15-18-21-23(25)26;20-14-6-1-12(2-7-14)5-10-17(22)19-16(18(23)24)11-13-3-8-15(21)9-4-13/h22H,2-21H2,1H3,(H,25,26)(H,27,28);1-4,6-9,16,20-21H,5,10-11H2,(H,19,22)(H,23,24)/t;16-/m.0/s1. The molecule has 0 heterocycles. The topological polar surface area (TPSA) is 181 Å². The maximum absolute atomic E-state index is 12.0. The van der Waals surface area contributed by atoms with Gasteiger partial charge in [0, 0.05) is 19.3 Å². The minimum Gasteiger partial charge on any atom is -0.508 e. The molecule has 0 spiro atoms. The monoisotopic (exact) mass is 727 g/mol. The van der Waals surface area contributed by atoms with Gasteiger partial charge in [-0.3, -0.25) is 14.4 Å². The van der Waals surface area contributed by atoms with E-state index in [0.717, 1.165) is 69.8 Å². The summed E-state index contributed by atoms with van der Waals surface area (Å²) in [4.78, 5) is 45.2. The Morgan fingerprint density at radius 1 is 0.538 bits per heavy atom. The van der Waals surface area contributed by atoms with Crippen LogP contribution < -0.4 is 5.32 Å². The number of nitrogens with one attached hydrogen (secondary N) is 1. The number of aliphatic carboxylic acids is 3. The minimum atomic E-state index is -1.11. The molecule has 0 aliphatic carbocycles. The molecular formula is C42H65NO9. The molecular weight excluding hydrogens is 662 g/mol. The van der Waals surface area contributed by atoms with Crippen LogP contribution in [0.3, 0.4) is 0 Å². The normalized spacial score (nSPS) is 11.9. The van der Waals surface area contributed by atoms with Gasteiger partial charge < -0.3 is 30.8 Å². The number of hydrogen-bond donors (Lipinski definition) is 6. The van der Waals surface area contributed by atoms with Crippen LogP contribution in [0.4, 0.5) is 0 Å². The maximum Gasteiger partial charge on any atom is 0.326 e. The van der Waals surface area contributed by atoms with Gasteiger partial charge in [-0.05, 0) is 61.1 Å². The summed E-state index contributed by atoms with van der Waals surface area (Å²) in [5, 5.41) is 48.2. The van der Waals surface area contributed by atoms with E-state index in [1.807, 2.05) is 0 Å². The highest BCUT2D eigenvalue weighted by molar-refractivity contribution is 5.83. The quantitative estimate of drug-likeness (QED) is 0.0445. The number of carbonyl (C=O) groups excluding carboxylic acids is 1. The minimum absolute atomic E-state index is 0.101. The van der Waals surface area contributed by atoms with Crippen LogP contribution in [-0.4, -0.2) is 55.4 Å². The van der Waals surface area contributed by atoms with Gasteiger partial charge in [0.15, 0.2) is 0 Å². The van der Waals surface area contributed by atoms with E-state index in [1.54, 1.807) is 24.3 Å². The summed E-state index contributed by atoms with van der Waals surface area (Å²) >= 11 is 0. The van der Waals surface area contributed by atoms with Gasteiger partial charge in [0.2, 0.25) is 5.91 Å². The zero-order chi connectivity index (χ0) is 38.4. The zero-order valence-electron chi connectivity index (χ0n) is 31.4. The zero-order valence-corrected chi connectivity index (χ0v) is 31.4. The van der Waals surface area contributed by atoms with Crippen LogP contribution in [0.25, 0.3) is 0 Å². The fourth-order valence-electron chi connectivity index (χ4n) is 6.08. The van der Waals surface area contributed by atoms with Crippen molar-refractivity contribution < 1.29 is 44.7 Å². The molecule has 0 aromatic heterocycles. The molecule has 52 heavy (non-hydrogen) atoms. The first-order valence-corrected chi connectivity index (χ1v) is 19.5. The van der Waals surface area contributed by atoms with Crippen LogP contribution in [0.2, 0.25) is 0 Å². The molecule has 1 amide bonds. The molecule has 6 N–H and O–H groups in total. The van der Waals surface area contributed by atoms with Crippen molar-refractivity contribution in [2.45, 2.75) is 161 Å². The molecule has 1 unspecified atom stereocenters. The van der Waals surface area contributed by atoms with E-state index in [1.165, 1.54) is 82.1 Å². The largest absolute Gasteiger partial charge is 0.508 e. The highest BCUT2D eigenvalue weighted by Crippen LogP contribution is 2.20. The molecule has 0 bridgehead atoms. The van der Waals surface area contributed by atoms with Gasteiger partial charge in [-0.2, -0.15) is 0 Å². The number of hydrogen-bond acceptors (Lipinski definition) is 6. The molecule has 10 heteroatoms. The summed E-state index contributed by atoms with van der Waals surface area (Å²) in [6.45, 7) is 2.25. The Bertz CT molecular complexity index is 1250. The number of aromatic hydroxyl groups is 2. The number of phenolic OH excluding ortho intramolecular Hbond substituents is 2. The van der Waals surface area contributed by atoms with E-state index in [9.17, 15) is 39.6 Å². The predicted molar refractivity (Wildman–Crippen MR) is 205 cm³/mol. The predicted octanol–water partition coefficient (Wildman–Crippen LogP) is 9.44. The lowest BCUT2D eigenvalue weighted by molar-refractivity contribution is -0.142. The second-order valence-corrected chi connectivity index (χ2v) is 13.9. The summed E-state index contributed by atoms with van der Waals surface area (Å²) in [5.74, 6) is -2.70. The summed E-state index contributed by atoms with van der Waals surface area (Å²) in [6, 6.07) is 11.7. The Morgan fingerprint density at radius 2 is 0.962 bits per heavy atom. The second kappa shape index (κ2) is 29.5. The Labute approximate surface area is 311 Å². The molecule has 0 aliphatic rings. The van der Waals surface area contributed by atoms with Crippen molar-refractivity contribution in [2.75, 3.05) is 0 Å². The van der Waals surface area contributed by atoms with E-state index >= 15 is 0 Å². The van der Waals surface area contributed by atoms with Gasteiger partial charge in [0.05, 0.1) is 5.92 Å². The van der Waals surface area contributed by atoms with Crippen molar-refractivity contribution in [1.82, 2.24) is 5.32 Å². The van der Waals surface area contributed by atoms with Crippen LogP contribution in [0.5, 0.6) is 11.5 Å². The summed E-state index contributed by atoms with van der Waals surface area (Å²) in [5.41, 5.74) is 1.59. The maximum atomic E-state index is 12.0.